The van der Waals surface area contributed by atoms with Gasteiger partial charge in [0.15, 0.2) is 0 Å². The zero-order chi connectivity index (χ0) is 19.5. The highest BCUT2D eigenvalue weighted by molar-refractivity contribution is 7.18. The Balaban J connectivity index is 1.29. The Morgan fingerprint density at radius 2 is 2.00 bits per heavy atom. The summed E-state index contributed by atoms with van der Waals surface area (Å²) < 4.78 is 7.09. The highest BCUT2D eigenvalue weighted by Gasteiger charge is 2.20. The standard InChI is InChI=1S/C22H23N3O2S/c1-15(19-14-16-8-3-5-10-18(16)27-19)25(2)22(26)23-13-7-12-21-24-17-9-4-6-11-20(17)28-21/h3-6,8-11,14-15H,7,12-13H2,1-2H3,(H,23,26). The maximum Gasteiger partial charge on any atom is 0.317 e. The maximum absolute atomic E-state index is 12.5. The Bertz CT molecular complexity index is 1040. The number of benzene rings is 2. The fourth-order valence-electron chi connectivity index (χ4n) is 3.16. The number of hydrogen-bond acceptors (Lipinski definition) is 4. The molecule has 0 spiro atoms. The normalized spacial score (nSPS) is 12.4. The first kappa shape index (κ1) is 18.5. The average Bonchev–Trinajstić information content (AvgIpc) is 3.33. The smallest absolute Gasteiger partial charge is 0.317 e. The summed E-state index contributed by atoms with van der Waals surface area (Å²) in [5.74, 6) is 0.785. The number of rotatable bonds is 6. The second-order valence-corrected chi connectivity index (χ2v) is 8.00. The lowest BCUT2D eigenvalue weighted by Gasteiger charge is -2.23. The molecular weight excluding hydrogens is 370 g/mol. The molecule has 5 nitrogen and oxygen atoms in total. The SMILES string of the molecule is CC(c1cc2ccccc2o1)N(C)C(=O)NCCCc1nc2ccccc2s1. The number of nitrogens with one attached hydrogen (secondary N) is 1. The highest BCUT2D eigenvalue weighted by Crippen LogP contribution is 2.26. The molecule has 1 atom stereocenters. The molecule has 0 saturated carbocycles. The largest absolute Gasteiger partial charge is 0.459 e. The van der Waals surface area contributed by atoms with Crippen molar-refractivity contribution < 1.29 is 9.21 Å². The van der Waals surface area contributed by atoms with Gasteiger partial charge in [0.1, 0.15) is 11.3 Å². The molecule has 1 unspecified atom stereocenters. The molecule has 2 aromatic carbocycles. The van der Waals surface area contributed by atoms with E-state index < -0.39 is 0 Å². The number of carbonyl (C=O) groups excluding carboxylic acids is 1. The number of furan rings is 1. The number of aromatic nitrogens is 1. The van der Waals surface area contributed by atoms with E-state index in [0.29, 0.717) is 6.54 Å². The van der Waals surface area contributed by atoms with Crippen LogP contribution in [0.3, 0.4) is 0 Å². The van der Waals surface area contributed by atoms with Gasteiger partial charge in [-0.25, -0.2) is 9.78 Å². The van der Waals surface area contributed by atoms with E-state index in [9.17, 15) is 4.79 Å². The van der Waals surface area contributed by atoms with Gasteiger partial charge in [0.05, 0.1) is 21.3 Å². The van der Waals surface area contributed by atoms with Gasteiger partial charge < -0.3 is 14.6 Å². The summed E-state index contributed by atoms with van der Waals surface area (Å²) in [6.07, 6.45) is 1.72. The lowest BCUT2D eigenvalue weighted by atomic mass is 10.2. The molecule has 0 radical (unpaired) electrons. The first-order valence-corrected chi connectivity index (χ1v) is 10.3. The number of para-hydroxylation sites is 2. The molecule has 4 rings (SSSR count). The van der Waals surface area contributed by atoms with Crippen molar-refractivity contribution in [2.24, 2.45) is 0 Å². The van der Waals surface area contributed by atoms with E-state index in [0.717, 1.165) is 40.1 Å². The summed E-state index contributed by atoms with van der Waals surface area (Å²) in [7, 11) is 1.79. The molecular formula is C22H23N3O2S. The van der Waals surface area contributed by atoms with Crippen LogP contribution in [-0.2, 0) is 6.42 Å². The molecule has 0 fully saturated rings. The lowest BCUT2D eigenvalue weighted by Crippen LogP contribution is -2.39. The molecule has 2 amide bonds. The van der Waals surface area contributed by atoms with Crippen LogP contribution in [0.1, 0.15) is 30.2 Å². The third-order valence-corrected chi connectivity index (χ3v) is 6.04. The van der Waals surface area contributed by atoms with Crippen molar-refractivity contribution >= 4 is 38.6 Å². The van der Waals surface area contributed by atoms with E-state index >= 15 is 0 Å². The van der Waals surface area contributed by atoms with E-state index in [1.807, 2.05) is 55.5 Å². The van der Waals surface area contributed by atoms with Crippen LogP contribution in [0.15, 0.2) is 59.0 Å². The summed E-state index contributed by atoms with van der Waals surface area (Å²) in [5.41, 5.74) is 1.89. The number of amides is 2. The van der Waals surface area contributed by atoms with Crippen molar-refractivity contribution in [3.63, 3.8) is 0 Å². The maximum atomic E-state index is 12.5. The highest BCUT2D eigenvalue weighted by atomic mass is 32.1. The van der Waals surface area contributed by atoms with Crippen LogP contribution in [0.4, 0.5) is 4.79 Å². The molecule has 0 saturated heterocycles. The van der Waals surface area contributed by atoms with Crippen LogP contribution in [-0.4, -0.2) is 29.5 Å². The second kappa shape index (κ2) is 8.02. The second-order valence-electron chi connectivity index (χ2n) is 6.88. The Hall–Kier alpha value is -2.86. The third-order valence-electron chi connectivity index (χ3n) is 4.94. The molecule has 1 N–H and O–H groups in total. The molecule has 144 valence electrons. The molecule has 0 aliphatic heterocycles. The van der Waals surface area contributed by atoms with Gasteiger partial charge in [-0.2, -0.15) is 0 Å². The Labute approximate surface area is 168 Å². The summed E-state index contributed by atoms with van der Waals surface area (Å²) in [5, 5.41) is 5.15. The van der Waals surface area contributed by atoms with Crippen molar-refractivity contribution in [1.29, 1.82) is 0 Å². The van der Waals surface area contributed by atoms with E-state index in [2.05, 4.69) is 16.4 Å². The molecule has 0 aliphatic rings. The molecule has 28 heavy (non-hydrogen) atoms. The first-order valence-electron chi connectivity index (χ1n) is 9.45. The fourth-order valence-corrected chi connectivity index (χ4v) is 4.17. The average molecular weight is 394 g/mol. The predicted octanol–water partition coefficient (Wildman–Crippen LogP) is 5.38. The lowest BCUT2D eigenvalue weighted by molar-refractivity contribution is 0.188. The van der Waals surface area contributed by atoms with E-state index in [1.165, 1.54) is 4.70 Å². The van der Waals surface area contributed by atoms with E-state index in [4.69, 9.17) is 4.42 Å². The molecule has 0 aliphatic carbocycles. The molecule has 4 aromatic rings. The van der Waals surface area contributed by atoms with Crippen LogP contribution < -0.4 is 5.32 Å². The van der Waals surface area contributed by atoms with Crippen LogP contribution in [0.5, 0.6) is 0 Å². The zero-order valence-electron chi connectivity index (χ0n) is 16.0. The van der Waals surface area contributed by atoms with Crippen LogP contribution in [0, 0.1) is 0 Å². The Morgan fingerprint density at radius 3 is 2.82 bits per heavy atom. The predicted molar refractivity (Wildman–Crippen MR) is 114 cm³/mol. The fraction of sp³-hybridized carbons (Fsp3) is 0.273. The van der Waals surface area contributed by atoms with Crippen molar-refractivity contribution in [3.8, 4) is 0 Å². The summed E-state index contributed by atoms with van der Waals surface area (Å²) in [4.78, 5) is 18.8. The summed E-state index contributed by atoms with van der Waals surface area (Å²) in [6.45, 7) is 2.59. The molecule has 6 heteroatoms. The van der Waals surface area contributed by atoms with Gasteiger partial charge in [0.2, 0.25) is 0 Å². The van der Waals surface area contributed by atoms with Gasteiger partial charge in [-0.15, -0.1) is 11.3 Å². The van der Waals surface area contributed by atoms with E-state index in [1.54, 1.807) is 23.3 Å². The number of hydrogen-bond donors (Lipinski definition) is 1. The van der Waals surface area contributed by atoms with Gasteiger partial charge in [-0.05, 0) is 37.6 Å². The number of nitrogens with zero attached hydrogens (tertiary/aromatic N) is 2. The van der Waals surface area contributed by atoms with Crippen molar-refractivity contribution in [2.45, 2.75) is 25.8 Å². The minimum atomic E-state index is -0.142. The quantitative estimate of drug-likeness (QED) is 0.448. The number of aryl methyl sites for hydroxylation is 1. The number of thiazole rings is 1. The molecule has 0 bridgehead atoms. The minimum absolute atomic E-state index is 0.0998. The van der Waals surface area contributed by atoms with Gasteiger partial charge in [0, 0.05) is 25.4 Å². The number of fused-ring (bicyclic) bond motifs is 2. The minimum Gasteiger partial charge on any atom is -0.459 e. The zero-order valence-corrected chi connectivity index (χ0v) is 16.8. The monoisotopic (exact) mass is 393 g/mol. The van der Waals surface area contributed by atoms with Crippen LogP contribution in [0.2, 0.25) is 0 Å². The summed E-state index contributed by atoms with van der Waals surface area (Å²) >= 11 is 1.72. The van der Waals surface area contributed by atoms with Crippen molar-refractivity contribution in [1.82, 2.24) is 15.2 Å². The van der Waals surface area contributed by atoms with E-state index in [-0.39, 0.29) is 12.1 Å². The topological polar surface area (TPSA) is 58.4 Å². The number of urea groups is 1. The first-order chi connectivity index (χ1) is 13.6. The molecule has 2 aromatic heterocycles. The third kappa shape index (κ3) is 3.87. The van der Waals surface area contributed by atoms with Gasteiger partial charge in [0.25, 0.3) is 0 Å². The van der Waals surface area contributed by atoms with Gasteiger partial charge in [-0.3, -0.25) is 0 Å². The summed E-state index contributed by atoms with van der Waals surface area (Å²) in [6, 6.07) is 17.8. The van der Waals surface area contributed by atoms with Gasteiger partial charge >= 0.3 is 6.03 Å². The van der Waals surface area contributed by atoms with Crippen LogP contribution >= 0.6 is 11.3 Å². The Morgan fingerprint density at radius 1 is 1.21 bits per heavy atom. The Kier molecular flexibility index (Phi) is 5.30. The van der Waals surface area contributed by atoms with Crippen molar-refractivity contribution in [3.05, 3.63) is 65.4 Å². The van der Waals surface area contributed by atoms with Crippen molar-refractivity contribution in [2.75, 3.05) is 13.6 Å². The number of carbonyl (C=O) groups is 1. The molecule has 2 heterocycles. The van der Waals surface area contributed by atoms with Crippen LogP contribution in [0.25, 0.3) is 21.2 Å². The van der Waals surface area contributed by atoms with Gasteiger partial charge in [-0.1, -0.05) is 30.3 Å².